The monoisotopic (exact) mass is 301 g/mol. The van der Waals surface area contributed by atoms with E-state index in [1.807, 2.05) is 6.07 Å². The van der Waals surface area contributed by atoms with Gasteiger partial charge in [-0.2, -0.15) is 0 Å². The van der Waals surface area contributed by atoms with Crippen molar-refractivity contribution in [3.63, 3.8) is 0 Å². The average molecular weight is 301 g/mol. The van der Waals surface area contributed by atoms with Crippen LogP contribution in [0.2, 0.25) is 0 Å². The number of carboxylic acids is 1. The molecule has 0 radical (unpaired) electrons. The van der Waals surface area contributed by atoms with Crippen molar-refractivity contribution >= 4 is 49.6 Å². The molecule has 0 aliphatic carbocycles. The van der Waals surface area contributed by atoms with E-state index in [4.69, 9.17) is 15.9 Å². The van der Waals surface area contributed by atoms with Crippen LogP contribution in [0, 0.1) is 0 Å². The van der Waals surface area contributed by atoms with Gasteiger partial charge in [-0.05, 0) is 24.3 Å². The molecule has 2 aromatic rings. The first-order valence-electron chi connectivity index (χ1n) is 5.38. The number of aromatic hydroxyl groups is 1. The van der Waals surface area contributed by atoms with Crippen LogP contribution >= 0.6 is 0 Å². The molecule has 0 aliphatic heterocycles. The fraction of sp³-hybridized carbons (Fsp3) is 0. The van der Waals surface area contributed by atoms with Crippen LogP contribution in [-0.4, -0.2) is 59.8 Å². The average Bonchev–Trinajstić information content (AvgIpc) is 2.40. The van der Waals surface area contributed by atoms with Crippen LogP contribution in [-0.2, 0) is 0 Å². The van der Waals surface area contributed by atoms with Crippen LogP contribution in [0.3, 0.4) is 0 Å². The molecule has 2 rings (SSSR count). The molecule has 0 atom stereocenters. The maximum atomic E-state index is 10.4. The van der Waals surface area contributed by atoms with Gasteiger partial charge in [0, 0.05) is 5.56 Å². The van der Waals surface area contributed by atoms with E-state index in [9.17, 15) is 9.59 Å². The van der Waals surface area contributed by atoms with Crippen molar-refractivity contribution in [2.24, 2.45) is 5.73 Å². The molecule has 0 bridgehead atoms. The number of carboxylic acid groups (broad SMARTS) is 1. The van der Waals surface area contributed by atoms with Crippen LogP contribution in [0.5, 0.6) is 5.75 Å². The Kier molecular flexibility index (Phi) is 8.63. The Labute approximate surface area is 149 Å². The summed E-state index contributed by atoms with van der Waals surface area (Å²) in [6.45, 7) is 0. The van der Waals surface area contributed by atoms with Crippen molar-refractivity contribution in [2.45, 2.75) is 0 Å². The fourth-order valence-electron chi connectivity index (χ4n) is 1.26. The molecule has 0 saturated heterocycles. The summed E-state index contributed by atoms with van der Waals surface area (Å²) in [5.74, 6) is -1.69. The van der Waals surface area contributed by atoms with Crippen molar-refractivity contribution in [1.82, 2.24) is 0 Å². The quantitative estimate of drug-likeness (QED) is 0.735. The van der Waals surface area contributed by atoms with Crippen LogP contribution < -0.4 is 5.73 Å². The largest absolute Gasteiger partial charge is 2.00 e. The number of carbonyl (C=O) groups is 2. The maximum Gasteiger partial charge on any atom is 2.00 e. The van der Waals surface area contributed by atoms with Gasteiger partial charge in [-0.15, -0.1) is 0 Å². The van der Waals surface area contributed by atoms with Gasteiger partial charge < -0.3 is 18.8 Å². The molecule has 102 valence electrons. The van der Waals surface area contributed by atoms with Gasteiger partial charge in [-0.3, -0.25) is 4.79 Å². The Bertz CT molecular complexity index is 582. The minimum atomic E-state index is -1.11. The molecule has 1 amide bonds. The molecule has 0 aromatic heterocycles. The molecule has 4 N–H and O–H groups in total. The number of rotatable bonds is 2. The summed E-state index contributed by atoms with van der Waals surface area (Å²) in [6, 6.07) is 14.6. The number of hydrogen-bond acceptors (Lipinski definition) is 3. The number of benzene rings is 2. The molecule has 0 aliphatic rings. The van der Waals surface area contributed by atoms with Crippen molar-refractivity contribution in [3.05, 3.63) is 65.7 Å². The Hall–Kier alpha value is -1.56. The predicted molar refractivity (Wildman–Crippen MR) is 78.0 cm³/mol. The van der Waals surface area contributed by atoms with E-state index in [0.717, 1.165) is 0 Å². The molecular weight excluding hydrogens is 286 g/mol. The van der Waals surface area contributed by atoms with Gasteiger partial charge in [0.15, 0.2) is 0 Å². The molecule has 0 spiro atoms. The first-order valence-corrected chi connectivity index (χ1v) is 5.38. The Morgan fingerprint density at radius 3 is 1.80 bits per heavy atom. The fourth-order valence-corrected chi connectivity index (χ4v) is 1.26. The normalized spacial score (nSPS) is 8.60. The van der Waals surface area contributed by atoms with E-state index in [1.54, 1.807) is 36.4 Å². The minimum Gasteiger partial charge on any atom is -1.00 e. The number of nitrogens with two attached hydrogens (primary N) is 1. The van der Waals surface area contributed by atoms with Crippen LogP contribution in [0.1, 0.15) is 23.6 Å². The van der Waals surface area contributed by atoms with Crippen LogP contribution in [0.15, 0.2) is 54.6 Å². The van der Waals surface area contributed by atoms with E-state index >= 15 is 0 Å². The zero-order valence-electron chi connectivity index (χ0n) is 12.7. The summed E-state index contributed by atoms with van der Waals surface area (Å²) in [4.78, 5) is 20.7. The standard InChI is InChI=1S/C7H7NO.C7H6O3.Ca.2H/c8-7(9)6-4-2-1-3-5-6;8-6-4-2-1-3-5(6)7(9)10;;;/h1-5H,(H2,8,9);1-4,8H,(H,9,10);;;/q;;+2;2*-1. The second-order valence-corrected chi connectivity index (χ2v) is 3.55. The number of primary amides is 1. The number of aromatic carboxylic acids is 1. The van der Waals surface area contributed by atoms with Gasteiger partial charge in [0.05, 0.1) is 0 Å². The summed E-state index contributed by atoms with van der Waals surface area (Å²) in [5.41, 5.74) is 5.46. The van der Waals surface area contributed by atoms with E-state index in [0.29, 0.717) is 5.56 Å². The third kappa shape index (κ3) is 6.06. The number of para-hydroxylation sites is 1. The third-order valence-corrected chi connectivity index (χ3v) is 2.19. The molecule has 6 heteroatoms. The Morgan fingerprint density at radius 1 is 0.950 bits per heavy atom. The summed E-state index contributed by atoms with van der Waals surface area (Å²) in [6.07, 6.45) is 0. The van der Waals surface area contributed by atoms with Gasteiger partial charge in [0.1, 0.15) is 11.3 Å². The summed E-state index contributed by atoms with van der Waals surface area (Å²) in [5, 5.41) is 17.3. The SMILES string of the molecule is NC(=O)c1ccccc1.O=C(O)c1ccccc1O.[Ca+2].[H-].[H-]. The van der Waals surface area contributed by atoms with Crippen molar-refractivity contribution < 1.29 is 22.7 Å². The minimum absolute atomic E-state index is 0. The summed E-state index contributed by atoms with van der Waals surface area (Å²) >= 11 is 0. The zero-order chi connectivity index (χ0) is 14.3. The second-order valence-electron chi connectivity index (χ2n) is 3.55. The van der Waals surface area contributed by atoms with Crippen molar-refractivity contribution in [2.75, 3.05) is 0 Å². The van der Waals surface area contributed by atoms with Crippen LogP contribution in [0.25, 0.3) is 0 Å². The zero-order valence-corrected chi connectivity index (χ0v) is 12.9. The smallest absolute Gasteiger partial charge is 1.00 e. The molecule has 2 aromatic carbocycles. The summed E-state index contributed by atoms with van der Waals surface area (Å²) < 4.78 is 0. The molecule has 0 heterocycles. The van der Waals surface area contributed by atoms with Crippen molar-refractivity contribution in [3.8, 4) is 5.75 Å². The van der Waals surface area contributed by atoms with Crippen molar-refractivity contribution in [1.29, 1.82) is 0 Å². The molecule has 5 nitrogen and oxygen atoms in total. The molecule has 20 heavy (non-hydrogen) atoms. The number of phenols is 1. The third-order valence-electron chi connectivity index (χ3n) is 2.19. The van der Waals surface area contributed by atoms with Gasteiger partial charge in [0.2, 0.25) is 5.91 Å². The topological polar surface area (TPSA) is 101 Å². The van der Waals surface area contributed by atoms with E-state index in [1.165, 1.54) is 12.1 Å². The first kappa shape index (κ1) is 18.4. The van der Waals surface area contributed by atoms with Gasteiger partial charge in [-0.1, -0.05) is 30.3 Å². The molecular formula is C14H15CaNO4. The molecule has 0 unspecified atom stereocenters. The van der Waals surface area contributed by atoms with Gasteiger partial charge in [-0.25, -0.2) is 4.79 Å². The second kappa shape index (κ2) is 9.36. The molecule has 0 saturated carbocycles. The maximum absolute atomic E-state index is 10.4. The van der Waals surface area contributed by atoms with Gasteiger partial charge in [0.25, 0.3) is 0 Å². The number of amides is 1. The Morgan fingerprint density at radius 2 is 1.45 bits per heavy atom. The van der Waals surface area contributed by atoms with E-state index < -0.39 is 5.97 Å². The number of hydrogen-bond donors (Lipinski definition) is 3. The number of carbonyl (C=O) groups excluding carboxylic acids is 1. The van der Waals surface area contributed by atoms with Gasteiger partial charge >= 0.3 is 43.7 Å². The summed E-state index contributed by atoms with van der Waals surface area (Å²) in [7, 11) is 0. The predicted octanol–water partition coefficient (Wildman–Crippen LogP) is 1.72. The Balaban J connectivity index is -0.000000290. The van der Waals surface area contributed by atoms with Crippen LogP contribution in [0.4, 0.5) is 0 Å². The van der Waals surface area contributed by atoms with E-state index in [-0.39, 0.29) is 57.8 Å². The van der Waals surface area contributed by atoms with E-state index in [2.05, 4.69) is 0 Å². The molecule has 0 fully saturated rings. The first-order chi connectivity index (χ1) is 9.02.